The van der Waals surface area contributed by atoms with Crippen LogP contribution in [0, 0.1) is 0 Å². The smallest absolute Gasteiger partial charge is 0.117 e. The molecule has 1 aromatic rings. The average molecular weight is 275 g/mol. The van der Waals surface area contributed by atoms with E-state index in [1.165, 1.54) is 23.1 Å². The molecule has 1 aliphatic rings. The molecule has 1 saturated carbocycles. The highest BCUT2D eigenvalue weighted by atomic mass is 35.5. The largest absolute Gasteiger partial charge is 0.508 e. The Hall–Kier alpha value is -1.47. The molecular weight excluding hydrogens is 256 g/mol. The van der Waals surface area contributed by atoms with Crippen molar-refractivity contribution < 1.29 is 5.11 Å². The fraction of sp³-hybridized carbons (Fsp3) is 0.294. The highest BCUT2D eigenvalue weighted by Gasteiger charge is 2.13. The van der Waals surface area contributed by atoms with Gasteiger partial charge in [0, 0.05) is 5.02 Å². The molecule has 0 radical (unpaired) electrons. The summed E-state index contributed by atoms with van der Waals surface area (Å²) in [5.74, 6) is 0.200. The SMILES string of the molecule is C=C1CCC/C1=C(C)/C=C(\C)c1cc(O)cc(Cl)c1. The summed E-state index contributed by atoms with van der Waals surface area (Å²) in [7, 11) is 0. The van der Waals surface area contributed by atoms with E-state index in [0.29, 0.717) is 5.02 Å². The van der Waals surface area contributed by atoms with Crippen LogP contribution in [-0.2, 0) is 0 Å². The summed E-state index contributed by atoms with van der Waals surface area (Å²) in [5, 5.41) is 10.1. The lowest BCUT2D eigenvalue weighted by molar-refractivity contribution is 0.475. The molecule has 0 spiro atoms. The zero-order chi connectivity index (χ0) is 14.0. The summed E-state index contributed by atoms with van der Waals surface area (Å²) in [5.41, 5.74) is 5.96. The van der Waals surface area contributed by atoms with Crippen LogP contribution in [0.4, 0.5) is 0 Å². The molecule has 1 aromatic carbocycles. The fourth-order valence-electron chi connectivity index (χ4n) is 2.58. The summed E-state index contributed by atoms with van der Waals surface area (Å²) in [6.45, 7) is 8.28. The van der Waals surface area contributed by atoms with Gasteiger partial charge in [0.2, 0.25) is 0 Å². The van der Waals surface area contributed by atoms with Gasteiger partial charge in [-0.05, 0) is 73.6 Å². The number of halogens is 1. The summed E-state index contributed by atoms with van der Waals surface area (Å²) >= 11 is 5.97. The summed E-state index contributed by atoms with van der Waals surface area (Å²) in [4.78, 5) is 0. The highest BCUT2D eigenvalue weighted by Crippen LogP contribution is 2.33. The van der Waals surface area contributed by atoms with Gasteiger partial charge in [-0.3, -0.25) is 0 Å². The summed E-state index contributed by atoms with van der Waals surface area (Å²) in [6, 6.07) is 5.15. The maximum Gasteiger partial charge on any atom is 0.117 e. The molecule has 0 heterocycles. The minimum absolute atomic E-state index is 0.200. The molecule has 0 unspecified atom stereocenters. The van der Waals surface area contributed by atoms with E-state index in [1.54, 1.807) is 12.1 Å². The number of aromatic hydroxyl groups is 1. The zero-order valence-corrected chi connectivity index (χ0v) is 12.2. The molecule has 1 aliphatic carbocycles. The maximum atomic E-state index is 9.59. The van der Waals surface area contributed by atoms with Crippen LogP contribution >= 0.6 is 11.6 Å². The first-order valence-corrected chi connectivity index (χ1v) is 6.91. The quantitative estimate of drug-likeness (QED) is 0.754. The van der Waals surface area contributed by atoms with Gasteiger partial charge in [0.25, 0.3) is 0 Å². The van der Waals surface area contributed by atoms with Crippen LogP contribution in [0.2, 0.25) is 5.02 Å². The van der Waals surface area contributed by atoms with Crippen LogP contribution in [0.1, 0.15) is 38.7 Å². The van der Waals surface area contributed by atoms with Gasteiger partial charge in [-0.1, -0.05) is 29.8 Å². The van der Waals surface area contributed by atoms with E-state index in [1.807, 2.05) is 13.0 Å². The van der Waals surface area contributed by atoms with E-state index in [2.05, 4.69) is 19.6 Å². The van der Waals surface area contributed by atoms with Crippen molar-refractivity contribution in [3.05, 3.63) is 58.2 Å². The highest BCUT2D eigenvalue weighted by molar-refractivity contribution is 6.30. The first-order chi connectivity index (χ1) is 8.97. The molecule has 1 N–H and O–H groups in total. The van der Waals surface area contributed by atoms with Crippen molar-refractivity contribution in [2.45, 2.75) is 33.1 Å². The van der Waals surface area contributed by atoms with Crippen LogP contribution in [0.3, 0.4) is 0 Å². The molecule has 2 rings (SSSR count). The average Bonchev–Trinajstić information content (AvgIpc) is 2.74. The molecule has 100 valence electrons. The maximum absolute atomic E-state index is 9.59. The molecule has 19 heavy (non-hydrogen) atoms. The predicted octanol–water partition coefficient (Wildman–Crippen LogP) is 5.51. The standard InChI is InChI=1S/C17H19ClO/c1-11-5-4-6-17(11)13(3)7-12(2)14-8-15(18)10-16(19)9-14/h7-10,19H,1,4-6H2,2-3H3/b12-7+,17-13-. The first-order valence-electron chi connectivity index (χ1n) is 6.53. The number of hydrogen-bond donors (Lipinski definition) is 1. The van der Waals surface area contributed by atoms with Gasteiger partial charge >= 0.3 is 0 Å². The molecule has 0 amide bonds. The van der Waals surface area contributed by atoms with Crippen LogP contribution in [0.15, 0.2) is 47.6 Å². The molecule has 0 saturated heterocycles. The minimum atomic E-state index is 0.200. The lowest BCUT2D eigenvalue weighted by atomic mass is 10.00. The molecule has 0 aromatic heterocycles. The second-order valence-corrected chi connectivity index (χ2v) is 5.58. The molecule has 0 aliphatic heterocycles. The molecule has 1 fully saturated rings. The zero-order valence-electron chi connectivity index (χ0n) is 11.5. The van der Waals surface area contributed by atoms with Crippen LogP contribution in [-0.4, -0.2) is 5.11 Å². The Morgan fingerprint density at radius 1 is 1.26 bits per heavy atom. The van der Waals surface area contributed by atoms with Crippen molar-refractivity contribution in [1.82, 2.24) is 0 Å². The van der Waals surface area contributed by atoms with E-state index >= 15 is 0 Å². The summed E-state index contributed by atoms with van der Waals surface area (Å²) in [6.07, 6.45) is 5.58. The fourth-order valence-corrected chi connectivity index (χ4v) is 2.81. The topological polar surface area (TPSA) is 20.2 Å². The molecule has 2 heteroatoms. The first kappa shape index (κ1) is 14.0. The summed E-state index contributed by atoms with van der Waals surface area (Å²) < 4.78 is 0. The monoisotopic (exact) mass is 274 g/mol. The van der Waals surface area contributed by atoms with Crippen molar-refractivity contribution in [2.75, 3.05) is 0 Å². The van der Waals surface area contributed by atoms with Crippen LogP contribution in [0.25, 0.3) is 5.57 Å². The Bertz CT molecular complexity index is 559. The van der Waals surface area contributed by atoms with E-state index in [9.17, 15) is 5.11 Å². The van der Waals surface area contributed by atoms with Gasteiger partial charge in [-0.25, -0.2) is 0 Å². The van der Waals surface area contributed by atoms with Crippen molar-refractivity contribution in [3.8, 4) is 5.75 Å². The lowest BCUT2D eigenvalue weighted by Crippen LogP contribution is -1.85. The molecule has 0 bridgehead atoms. The molecule has 1 nitrogen and oxygen atoms in total. The molecular formula is C17H19ClO. The third-order valence-electron chi connectivity index (χ3n) is 3.58. The minimum Gasteiger partial charge on any atom is -0.508 e. The Kier molecular flexibility index (Phi) is 4.16. The lowest BCUT2D eigenvalue weighted by Gasteiger charge is -2.07. The number of phenols is 1. The van der Waals surface area contributed by atoms with Gasteiger partial charge < -0.3 is 5.11 Å². The van der Waals surface area contributed by atoms with E-state index < -0.39 is 0 Å². The third kappa shape index (κ3) is 3.30. The number of allylic oxidation sites excluding steroid dienone is 5. The molecule has 0 atom stereocenters. The third-order valence-corrected chi connectivity index (χ3v) is 3.80. The van der Waals surface area contributed by atoms with Gasteiger partial charge in [0.1, 0.15) is 5.75 Å². The Morgan fingerprint density at radius 3 is 2.58 bits per heavy atom. The van der Waals surface area contributed by atoms with Gasteiger partial charge in [0.15, 0.2) is 0 Å². The normalized spacial score (nSPS) is 18.9. The van der Waals surface area contributed by atoms with Crippen molar-refractivity contribution in [3.63, 3.8) is 0 Å². The Labute approximate surface area is 119 Å². The van der Waals surface area contributed by atoms with E-state index in [4.69, 9.17) is 11.6 Å². The Balaban J connectivity index is 2.35. The number of benzene rings is 1. The number of phenolic OH excluding ortho intramolecular Hbond substituents is 1. The van der Waals surface area contributed by atoms with E-state index in [-0.39, 0.29) is 5.75 Å². The predicted molar refractivity (Wildman–Crippen MR) is 82.5 cm³/mol. The van der Waals surface area contributed by atoms with Crippen LogP contribution in [0.5, 0.6) is 5.75 Å². The number of rotatable bonds is 2. The number of hydrogen-bond acceptors (Lipinski definition) is 1. The van der Waals surface area contributed by atoms with Crippen LogP contribution < -0.4 is 0 Å². The van der Waals surface area contributed by atoms with Crippen molar-refractivity contribution in [1.29, 1.82) is 0 Å². The Morgan fingerprint density at radius 2 is 2.00 bits per heavy atom. The second kappa shape index (κ2) is 5.66. The van der Waals surface area contributed by atoms with Gasteiger partial charge in [0.05, 0.1) is 0 Å². The van der Waals surface area contributed by atoms with Gasteiger partial charge in [-0.15, -0.1) is 0 Å². The van der Waals surface area contributed by atoms with Crippen molar-refractivity contribution >= 4 is 17.2 Å². The van der Waals surface area contributed by atoms with Gasteiger partial charge in [-0.2, -0.15) is 0 Å². The second-order valence-electron chi connectivity index (χ2n) is 5.14. The van der Waals surface area contributed by atoms with E-state index in [0.717, 1.165) is 24.0 Å². The van der Waals surface area contributed by atoms with Crippen molar-refractivity contribution in [2.24, 2.45) is 0 Å².